The highest BCUT2D eigenvalue weighted by molar-refractivity contribution is 7.54. The Hall–Kier alpha value is 0.360. The Bertz CT molecular complexity index is 347. The first kappa shape index (κ1) is 17.4. The van der Waals surface area contributed by atoms with Crippen LogP contribution in [0.5, 0.6) is 0 Å². The summed E-state index contributed by atoms with van der Waals surface area (Å²) >= 11 is 11.5. The highest BCUT2D eigenvalue weighted by atomic mass is 35.5. The first-order valence-corrected chi connectivity index (χ1v) is 8.93. The van der Waals surface area contributed by atoms with Gasteiger partial charge in [0.25, 0.3) is 0 Å². The molecule has 8 heteroatoms. The van der Waals surface area contributed by atoms with Crippen molar-refractivity contribution in [3.05, 3.63) is 0 Å². The van der Waals surface area contributed by atoms with E-state index in [1.165, 1.54) is 6.92 Å². The van der Waals surface area contributed by atoms with Crippen LogP contribution in [0.2, 0.25) is 0 Å². The lowest BCUT2D eigenvalue weighted by atomic mass is 10.1. The number of ketones is 1. The molecule has 0 amide bonds. The van der Waals surface area contributed by atoms with Gasteiger partial charge in [0.15, 0.2) is 0 Å². The molecule has 0 N–H and O–H groups in total. The predicted octanol–water partition coefficient (Wildman–Crippen LogP) is 2.43. The monoisotopic (exact) mass is 330 g/mol. The van der Waals surface area contributed by atoms with Crippen LogP contribution >= 0.6 is 30.9 Å². The minimum Gasteiger partial charge on any atom is -0.305 e. The van der Waals surface area contributed by atoms with Gasteiger partial charge in [-0.2, -0.15) is 0 Å². The molecule has 2 unspecified atom stereocenters. The molecular formula is C11H21Cl2N2O3P. The smallest absolute Gasteiger partial charge is 0.305 e. The van der Waals surface area contributed by atoms with Crippen molar-refractivity contribution < 1.29 is 13.9 Å². The van der Waals surface area contributed by atoms with E-state index in [9.17, 15) is 9.36 Å². The summed E-state index contributed by atoms with van der Waals surface area (Å²) in [6, 6.07) is 0. The first-order valence-electron chi connectivity index (χ1n) is 6.33. The molecular weight excluding hydrogens is 310 g/mol. The molecule has 1 heterocycles. The van der Waals surface area contributed by atoms with Crippen molar-refractivity contribution in [2.45, 2.75) is 13.8 Å². The van der Waals surface area contributed by atoms with Gasteiger partial charge in [0.05, 0.1) is 6.61 Å². The molecule has 0 aromatic heterocycles. The standard InChI is InChI=1S/C11H21Cl2N2O3P/c1-10(11(2)16)9-18-19(17,15-7-8-15)14(5-3-12)6-4-13/h10H,3-9H2,1-2H3. The largest absolute Gasteiger partial charge is 0.346 e. The third kappa shape index (κ3) is 5.00. The van der Waals surface area contributed by atoms with Crippen LogP contribution in [-0.2, 0) is 13.9 Å². The number of nitrogens with zero attached hydrogens (tertiary/aromatic N) is 2. The van der Waals surface area contributed by atoms with Crippen LogP contribution in [0.3, 0.4) is 0 Å². The fourth-order valence-corrected chi connectivity index (χ4v) is 4.57. The number of rotatable bonds is 10. The fourth-order valence-electron chi connectivity index (χ4n) is 1.53. The second-order valence-electron chi connectivity index (χ2n) is 4.58. The summed E-state index contributed by atoms with van der Waals surface area (Å²) in [5, 5.41) is 0. The molecule has 1 aliphatic heterocycles. The molecule has 1 rings (SSSR count). The molecule has 0 bridgehead atoms. The minimum atomic E-state index is -3.07. The van der Waals surface area contributed by atoms with Crippen molar-refractivity contribution in [1.29, 1.82) is 0 Å². The Morgan fingerprint density at radius 1 is 1.37 bits per heavy atom. The molecule has 19 heavy (non-hydrogen) atoms. The zero-order chi connectivity index (χ0) is 14.5. The van der Waals surface area contributed by atoms with Gasteiger partial charge in [0.1, 0.15) is 5.78 Å². The van der Waals surface area contributed by atoms with Crippen LogP contribution < -0.4 is 0 Å². The van der Waals surface area contributed by atoms with E-state index in [0.717, 1.165) is 13.1 Å². The van der Waals surface area contributed by atoms with Gasteiger partial charge < -0.3 is 4.52 Å². The second-order valence-corrected chi connectivity index (χ2v) is 7.71. The summed E-state index contributed by atoms with van der Waals surface area (Å²) in [7, 11) is -3.07. The van der Waals surface area contributed by atoms with E-state index in [-0.39, 0.29) is 18.3 Å². The maximum Gasteiger partial charge on any atom is 0.346 e. The number of hydrogen-bond acceptors (Lipinski definition) is 3. The van der Waals surface area contributed by atoms with Gasteiger partial charge in [0, 0.05) is 43.9 Å². The van der Waals surface area contributed by atoms with E-state index in [1.807, 2.05) is 0 Å². The lowest BCUT2D eigenvalue weighted by Crippen LogP contribution is -2.30. The number of Topliss-reactive ketones (excluding diaryl/α,β-unsaturated/α-hetero) is 1. The normalized spacial score (nSPS) is 20.3. The first-order chi connectivity index (χ1) is 8.95. The number of halogens is 2. The van der Waals surface area contributed by atoms with Gasteiger partial charge in [-0.15, -0.1) is 23.2 Å². The van der Waals surface area contributed by atoms with Crippen molar-refractivity contribution >= 4 is 36.7 Å². The van der Waals surface area contributed by atoms with Gasteiger partial charge >= 0.3 is 7.67 Å². The lowest BCUT2D eigenvalue weighted by molar-refractivity contribution is -0.121. The molecule has 0 radical (unpaired) electrons. The third-order valence-electron chi connectivity index (χ3n) is 3.01. The highest BCUT2D eigenvalue weighted by Gasteiger charge is 2.44. The van der Waals surface area contributed by atoms with Gasteiger partial charge in [-0.3, -0.25) is 9.36 Å². The summed E-state index contributed by atoms with van der Waals surface area (Å²) in [5.41, 5.74) is 0. The van der Waals surface area contributed by atoms with E-state index in [0.29, 0.717) is 24.8 Å². The van der Waals surface area contributed by atoms with Gasteiger partial charge in [-0.05, 0) is 6.92 Å². The van der Waals surface area contributed by atoms with E-state index >= 15 is 0 Å². The molecule has 0 saturated carbocycles. The molecule has 0 spiro atoms. The van der Waals surface area contributed by atoms with Gasteiger partial charge in [-0.25, -0.2) is 9.34 Å². The average Bonchev–Trinajstić information content (AvgIpc) is 3.19. The minimum absolute atomic E-state index is 0.0265. The van der Waals surface area contributed by atoms with Crippen molar-refractivity contribution in [2.24, 2.45) is 5.92 Å². The van der Waals surface area contributed by atoms with E-state index < -0.39 is 7.67 Å². The zero-order valence-electron chi connectivity index (χ0n) is 11.3. The Morgan fingerprint density at radius 2 is 1.89 bits per heavy atom. The van der Waals surface area contributed by atoms with Crippen LogP contribution in [-0.4, -0.2) is 59.7 Å². The van der Waals surface area contributed by atoms with E-state index in [1.54, 1.807) is 16.3 Å². The second kappa shape index (κ2) is 7.96. The quantitative estimate of drug-likeness (QED) is 0.350. The number of hydrogen-bond donors (Lipinski definition) is 0. The zero-order valence-corrected chi connectivity index (χ0v) is 13.8. The van der Waals surface area contributed by atoms with Crippen molar-refractivity contribution in [1.82, 2.24) is 9.34 Å². The average molecular weight is 331 g/mol. The highest BCUT2D eigenvalue weighted by Crippen LogP contribution is 2.57. The Labute approximate surface area is 124 Å². The Kier molecular flexibility index (Phi) is 7.30. The van der Waals surface area contributed by atoms with Crippen LogP contribution in [0.1, 0.15) is 13.8 Å². The summed E-state index contributed by atoms with van der Waals surface area (Å²) in [6.07, 6.45) is 0. The summed E-state index contributed by atoms with van der Waals surface area (Å²) in [6.45, 7) is 5.82. The van der Waals surface area contributed by atoms with Crippen molar-refractivity contribution in [3.63, 3.8) is 0 Å². The molecule has 5 nitrogen and oxygen atoms in total. The van der Waals surface area contributed by atoms with E-state index in [2.05, 4.69) is 0 Å². The topological polar surface area (TPSA) is 49.6 Å². The molecule has 1 aliphatic rings. The van der Waals surface area contributed by atoms with Gasteiger partial charge in [-0.1, -0.05) is 6.92 Å². The third-order valence-corrected chi connectivity index (χ3v) is 6.06. The molecule has 0 aliphatic carbocycles. The summed E-state index contributed by atoms with van der Waals surface area (Å²) in [5.74, 6) is 0.487. The van der Waals surface area contributed by atoms with Crippen molar-refractivity contribution in [3.8, 4) is 0 Å². The molecule has 0 aromatic carbocycles. The molecule has 1 fully saturated rings. The summed E-state index contributed by atoms with van der Waals surface area (Å²) in [4.78, 5) is 11.2. The van der Waals surface area contributed by atoms with Crippen LogP contribution in [0.25, 0.3) is 0 Å². The maximum absolute atomic E-state index is 13.0. The van der Waals surface area contributed by atoms with Crippen molar-refractivity contribution in [2.75, 3.05) is 44.5 Å². The molecule has 0 aromatic rings. The number of carbonyl (C=O) groups excluding carboxylic acids is 1. The van der Waals surface area contributed by atoms with Gasteiger partial charge in [0.2, 0.25) is 0 Å². The number of alkyl halides is 2. The van der Waals surface area contributed by atoms with Crippen LogP contribution in [0.15, 0.2) is 0 Å². The predicted molar refractivity (Wildman–Crippen MR) is 78.0 cm³/mol. The Balaban J connectivity index is 2.71. The fraction of sp³-hybridized carbons (Fsp3) is 0.909. The van der Waals surface area contributed by atoms with Crippen LogP contribution in [0.4, 0.5) is 0 Å². The SMILES string of the molecule is CC(=O)C(C)COP(=O)(N(CCCl)CCCl)N1CC1. The summed E-state index contributed by atoms with van der Waals surface area (Å²) < 4.78 is 22.1. The van der Waals surface area contributed by atoms with Crippen LogP contribution in [0, 0.1) is 5.92 Å². The molecule has 112 valence electrons. The Morgan fingerprint density at radius 3 is 2.26 bits per heavy atom. The maximum atomic E-state index is 13.0. The number of carbonyl (C=O) groups is 1. The molecule has 1 saturated heterocycles. The molecule has 2 atom stereocenters. The lowest BCUT2D eigenvalue weighted by Gasteiger charge is -2.31. The van der Waals surface area contributed by atoms with E-state index in [4.69, 9.17) is 27.7 Å².